The van der Waals surface area contributed by atoms with E-state index in [1.54, 1.807) is 0 Å². The molecule has 0 bridgehead atoms. The van der Waals surface area contributed by atoms with Gasteiger partial charge in [-0.1, -0.05) is 127 Å². The molecule has 0 aromatic heterocycles. The standard InChI is InChI=1S/C36H66NO8P/c1-3-5-7-9-11-13-15-16-17-18-19-21-23-25-27-29-36(39)45-34(33-44-46(40,41)43-31-30-37)32-42-35(38)28-26-24-22-20-14-12-10-8-6-4-2/h5,7,11,13,16-17,34H,3-4,6,8-10,12,14-15,18-33,37H2,1-2H3,(H,40,41)/b7-5+,13-11+,17-16+/t34-/m1/s1. The Morgan fingerprint density at radius 2 is 1.20 bits per heavy atom. The molecule has 10 heteroatoms. The number of hydrogen-bond acceptors (Lipinski definition) is 8. The van der Waals surface area contributed by atoms with Crippen LogP contribution in [-0.4, -0.2) is 49.3 Å². The number of rotatable bonds is 33. The van der Waals surface area contributed by atoms with Crippen LogP contribution in [0.5, 0.6) is 0 Å². The minimum absolute atomic E-state index is 0.0502. The topological polar surface area (TPSA) is 134 Å². The van der Waals surface area contributed by atoms with Crippen molar-refractivity contribution in [3.63, 3.8) is 0 Å². The Bertz CT molecular complexity index is 861. The van der Waals surface area contributed by atoms with Crippen LogP contribution in [0.2, 0.25) is 0 Å². The van der Waals surface area contributed by atoms with Crippen molar-refractivity contribution in [3.8, 4) is 0 Å². The summed E-state index contributed by atoms with van der Waals surface area (Å²) in [7, 11) is -4.37. The van der Waals surface area contributed by atoms with Crippen molar-refractivity contribution in [2.24, 2.45) is 5.73 Å². The summed E-state index contributed by atoms with van der Waals surface area (Å²) in [6, 6.07) is 0. The highest BCUT2D eigenvalue weighted by molar-refractivity contribution is 7.47. The molecule has 9 nitrogen and oxygen atoms in total. The van der Waals surface area contributed by atoms with E-state index >= 15 is 0 Å². The number of nitrogens with two attached hydrogens (primary N) is 1. The average molecular weight is 672 g/mol. The summed E-state index contributed by atoms with van der Waals surface area (Å²) in [5.74, 6) is -0.852. The lowest BCUT2D eigenvalue weighted by Gasteiger charge is -2.19. The highest BCUT2D eigenvalue weighted by atomic mass is 31.2. The van der Waals surface area contributed by atoms with Crippen LogP contribution in [0.1, 0.15) is 149 Å². The van der Waals surface area contributed by atoms with Gasteiger partial charge in [-0.2, -0.15) is 0 Å². The fourth-order valence-corrected chi connectivity index (χ4v) is 5.41. The van der Waals surface area contributed by atoms with E-state index in [-0.39, 0.29) is 32.6 Å². The van der Waals surface area contributed by atoms with Crippen LogP contribution in [0.25, 0.3) is 0 Å². The summed E-state index contributed by atoms with van der Waals surface area (Å²) in [4.78, 5) is 34.6. The van der Waals surface area contributed by atoms with Crippen LogP contribution in [0, 0.1) is 0 Å². The maximum absolute atomic E-state index is 12.5. The molecule has 0 fully saturated rings. The zero-order chi connectivity index (χ0) is 34.0. The van der Waals surface area contributed by atoms with E-state index in [0.717, 1.165) is 70.6 Å². The van der Waals surface area contributed by atoms with Crippen molar-refractivity contribution < 1.29 is 37.6 Å². The number of allylic oxidation sites excluding steroid dienone is 6. The summed E-state index contributed by atoms with van der Waals surface area (Å²) in [5.41, 5.74) is 5.32. The highest BCUT2D eigenvalue weighted by Crippen LogP contribution is 2.43. The van der Waals surface area contributed by atoms with Crippen molar-refractivity contribution in [1.29, 1.82) is 0 Å². The molecule has 0 aromatic rings. The number of carbonyl (C=O) groups excluding carboxylic acids is 2. The van der Waals surface area contributed by atoms with Crippen molar-refractivity contribution >= 4 is 19.8 Å². The molecular weight excluding hydrogens is 605 g/mol. The first-order valence-electron chi connectivity index (χ1n) is 18.0. The average Bonchev–Trinajstić information content (AvgIpc) is 3.04. The lowest BCUT2D eigenvalue weighted by Crippen LogP contribution is -2.29. The third kappa shape index (κ3) is 32.2. The Morgan fingerprint density at radius 1 is 0.674 bits per heavy atom. The highest BCUT2D eigenvalue weighted by Gasteiger charge is 2.25. The van der Waals surface area contributed by atoms with Crippen molar-refractivity contribution in [2.45, 2.75) is 155 Å². The zero-order valence-corrected chi connectivity index (χ0v) is 29.9. The maximum Gasteiger partial charge on any atom is 0.472 e. The summed E-state index contributed by atoms with van der Waals surface area (Å²) in [5, 5.41) is 0. The van der Waals surface area contributed by atoms with Crippen molar-refractivity contribution in [1.82, 2.24) is 0 Å². The number of esters is 2. The molecule has 1 unspecified atom stereocenters. The van der Waals surface area contributed by atoms with Crippen LogP contribution < -0.4 is 5.73 Å². The molecule has 0 rings (SSSR count). The summed E-state index contributed by atoms with van der Waals surface area (Å²) >= 11 is 0. The Morgan fingerprint density at radius 3 is 1.78 bits per heavy atom. The van der Waals surface area contributed by atoms with Gasteiger partial charge in [0.05, 0.1) is 13.2 Å². The first kappa shape index (κ1) is 44.2. The molecule has 2 atom stereocenters. The van der Waals surface area contributed by atoms with Gasteiger partial charge in [-0.25, -0.2) is 4.57 Å². The van der Waals surface area contributed by atoms with E-state index in [0.29, 0.717) is 6.42 Å². The molecular formula is C36H66NO8P. The summed E-state index contributed by atoms with van der Waals surface area (Å²) in [6.45, 7) is 3.56. The molecule has 0 aliphatic heterocycles. The second-order valence-electron chi connectivity index (χ2n) is 11.7. The predicted molar refractivity (Wildman–Crippen MR) is 187 cm³/mol. The van der Waals surface area contributed by atoms with Gasteiger partial charge in [-0.05, 0) is 44.9 Å². The summed E-state index contributed by atoms with van der Waals surface area (Å²) < 4.78 is 32.5. The number of ether oxygens (including phenoxy) is 2. The molecule has 46 heavy (non-hydrogen) atoms. The quantitative estimate of drug-likeness (QED) is 0.0303. The fraction of sp³-hybridized carbons (Fsp3) is 0.778. The number of phosphoric acid groups is 1. The normalized spacial score (nSPS) is 13.9. The first-order chi connectivity index (χ1) is 22.3. The maximum atomic E-state index is 12.5. The number of carbonyl (C=O) groups is 2. The summed E-state index contributed by atoms with van der Waals surface area (Å²) in [6.07, 6.45) is 33.2. The van der Waals surface area contributed by atoms with Crippen molar-refractivity contribution in [3.05, 3.63) is 36.5 Å². The van der Waals surface area contributed by atoms with Crippen molar-refractivity contribution in [2.75, 3.05) is 26.4 Å². The van der Waals surface area contributed by atoms with Gasteiger partial charge in [0.15, 0.2) is 6.10 Å². The Hall–Kier alpha value is -1.77. The molecule has 268 valence electrons. The minimum atomic E-state index is -4.37. The van der Waals surface area contributed by atoms with E-state index in [2.05, 4.69) is 50.3 Å². The second-order valence-corrected chi connectivity index (χ2v) is 13.2. The van der Waals surface area contributed by atoms with E-state index < -0.39 is 32.5 Å². The molecule has 0 spiro atoms. The first-order valence-corrected chi connectivity index (χ1v) is 19.5. The zero-order valence-electron chi connectivity index (χ0n) is 29.0. The van der Waals surface area contributed by atoms with Gasteiger partial charge in [0.2, 0.25) is 0 Å². The third-order valence-corrected chi connectivity index (χ3v) is 8.27. The van der Waals surface area contributed by atoms with E-state index in [4.69, 9.17) is 24.3 Å². The van der Waals surface area contributed by atoms with Gasteiger partial charge in [-0.3, -0.25) is 18.6 Å². The minimum Gasteiger partial charge on any atom is -0.462 e. The number of phosphoric ester groups is 1. The van der Waals surface area contributed by atoms with Crippen LogP contribution >= 0.6 is 7.82 Å². The SMILES string of the molecule is CC/C=C/C/C=C/C/C=C/CCCCCCCC(=O)O[C@H](COC(=O)CCCCCCCCCCCC)COP(=O)(O)OCCN. The Balaban J connectivity index is 4.28. The lowest BCUT2D eigenvalue weighted by molar-refractivity contribution is -0.161. The van der Waals surface area contributed by atoms with E-state index in [1.165, 1.54) is 44.9 Å². The number of unbranched alkanes of at least 4 members (excludes halogenated alkanes) is 14. The van der Waals surface area contributed by atoms with Gasteiger partial charge in [0, 0.05) is 19.4 Å². The van der Waals surface area contributed by atoms with Crippen LogP contribution in [-0.2, 0) is 32.7 Å². The van der Waals surface area contributed by atoms with Gasteiger partial charge in [0.1, 0.15) is 6.61 Å². The molecule has 0 radical (unpaired) electrons. The second kappa shape index (κ2) is 33.1. The molecule has 0 saturated heterocycles. The fourth-order valence-electron chi connectivity index (χ4n) is 4.65. The number of hydrogen-bond donors (Lipinski definition) is 2. The molecule has 0 aliphatic rings. The molecule has 0 saturated carbocycles. The molecule has 0 heterocycles. The van der Waals surface area contributed by atoms with Gasteiger partial charge in [-0.15, -0.1) is 0 Å². The van der Waals surface area contributed by atoms with E-state index in [1.807, 2.05) is 0 Å². The smallest absolute Gasteiger partial charge is 0.462 e. The monoisotopic (exact) mass is 671 g/mol. The molecule has 3 N–H and O–H groups in total. The van der Waals surface area contributed by atoms with Gasteiger partial charge in [0.25, 0.3) is 0 Å². The van der Waals surface area contributed by atoms with Gasteiger partial charge < -0.3 is 20.1 Å². The van der Waals surface area contributed by atoms with Gasteiger partial charge >= 0.3 is 19.8 Å². The molecule has 0 amide bonds. The van der Waals surface area contributed by atoms with Crippen LogP contribution in [0.3, 0.4) is 0 Å². The lowest BCUT2D eigenvalue weighted by atomic mass is 10.1. The largest absolute Gasteiger partial charge is 0.472 e. The van der Waals surface area contributed by atoms with Crippen LogP contribution in [0.4, 0.5) is 0 Å². The third-order valence-electron chi connectivity index (χ3n) is 7.29. The van der Waals surface area contributed by atoms with E-state index in [9.17, 15) is 19.0 Å². The van der Waals surface area contributed by atoms with Crippen LogP contribution in [0.15, 0.2) is 36.5 Å². The predicted octanol–water partition coefficient (Wildman–Crippen LogP) is 9.43. The Labute approximate surface area is 280 Å². The molecule has 0 aromatic carbocycles. The Kier molecular flexibility index (Phi) is 31.9. The molecule has 0 aliphatic carbocycles.